The molecule has 9 heteroatoms. The molecule has 0 fully saturated rings. The molecule has 0 radical (unpaired) electrons. The minimum absolute atomic E-state index is 0.0904. The molecule has 2 aliphatic rings. The molecule has 3 heterocycles. The van der Waals surface area contributed by atoms with E-state index in [1.807, 2.05) is 6.07 Å². The van der Waals surface area contributed by atoms with Gasteiger partial charge in [-0.3, -0.25) is 0 Å². The molecule has 5 nitrogen and oxygen atoms in total. The molecule has 3 aromatic rings. The van der Waals surface area contributed by atoms with E-state index in [1.54, 1.807) is 13.8 Å². The van der Waals surface area contributed by atoms with Gasteiger partial charge in [-0.25, -0.2) is 18.7 Å². The molecule has 0 saturated heterocycles. The Hall–Kier alpha value is -3.20. The minimum Gasteiger partial charge on any atom is -0.426 e. The molecule has 0 atom stereocenters. The van der Waals surface area contributed by atoms with Crippen LogP contribution in [-0.2, 0) is 19.4 Å². The summed E-state index contributed by atoms with van der Waals surface area (Å²) in [5, 5.41) is 3.34. The standard InChI is InChI=1S/C25H24F4N4O/c1-14(2)33-13-25(28,29)34-24-19(26)9-17(10-21(24)33)23-20(27)12-31-22(32-23)8-15-3-4-16-5-6-30-11-18(16)7-15/h3-4,7,9-10,12,14,30H,5-6,8,11,13H2,1-2H3. The summed E-state index contributed by atoms with van der Waals surface area (Å²) >= 11 is 0. The predicted molar refractivity (Wildman–Crippen MR) is 120 cm³/mol. The van der Waals surface area contributed by atoms with Gasteiger partial charge in [-0.15, -0.1) is 0 Å². The van der Waals surface area contributed by atoms with E-state index >= 15 is 0 Å². The zero-order valence-corrected chi connectivity index (χ0v) is 18.8. The van der Waals surface area contributed by atoms with Crippen LogP contribution in [0, 0.1) is 11.6 Å². The van der Waals surface area contributed by atoms with Crippen LogP contribution < -0.4 is 15.0 Å². The van der Waals surface area contributed by atoms with Gasteiger partial charge in [0.15, 0.2) is 17.4 Å². The molecule has 178 valence electrons. The Kier molecular flexibility index (Phi) is 5.67. The Bertz CT molecular complexity index is 1250. The van der Waals surface area contributed by atoms with E-state index in [-0.39, 0.29) is 23.0 Å². The molecule has 34 heavy (non-hydrogen) atoms. The van der Waals surface area contributed by atoms with E-state index in [2.05, 4.69) is 32.2 Å². The van der Waals surface area contributed by atoms with Gasteiger partial charge < -0.3 is 15.0 Å². The smallest absolute Gasteiger partial charge is 0.416 e. The maximum atomic E-state index is 14.9. The minimum atomic E-state index is -3.53. The van der Waals surface area contributed by atoms with Crippen molar-refractivity contribution in [3.8, 4) is 17.0 Å². The normalized spacial score (nSPS) is 16.7. The number of halogens is 4. The van der Waals surface area contributed by atoms with Gasteiger partial charge in [0, 0.05) is 24.6 Å². The maximum Gasteiger partial charge on any atom is 0.416 e. The molecule has 2 aliphatic heterocycles. The number of nitrogens with one attached hydrogen (secondary N) is 1. The van der Waals surface area contributed by atoms with Gasteiger partial charge in [0.2, 0.25) is 0 Å². The quantitative estimate of drug-likeness (QED) is 0.550. The molecule has 5 rings (SSSR count). The van der Waals surface area contributed by atoms with Crippen molar-refractivity contribution in [2.45, 2.75) is 45.4 Å². The molecule has 0 aliphatic carbocycles. The highest BCUT2D eigenvalue weighted by atomic mass is 19.3. The van der Waals surface area contributed by atoms with Gasteiger partial charge in [0.1, 0.15) is 18.1 Å². The summed E-state index contributed by atoms with van der Waals surface area (Å²) in [6.45, 7) is 4.44. The molecule has 0 bridgehead atoms. The highest BCUT2D eigenvalue weighted by molar-refractivity contribution is 5.72. The van der Waals surface area contributed by atoms with Crippen LogP contribution in [0.2, 0.25) is 0 Å². The zero-order valence-electron chi connectivity index (χ0n) is 18.8. The lowest BCUT2D eigenvalue weighted by Gasteiger charge is -2.38. The van der Waals surface area contributed by atoms with E-state index in [0.29, 0.717) is 12.2 Å². The first-order valence-corrected chi connectivity index (χ1v) is 11.2. The van der Waals surface area contributed by atoms with E-state index in [9.17, 15) is 17.6 Å². The summed E-state index contributed by atoms with van der Waals surface area (Å²) in [5.41, 5.74) is 3.68. The van der Waals surface area contributed by atoms with Crippen molar-refractivity contribution in [2.75, 3.05) is 18.0 Å². The van der Waals surface area contributed by atoms with Crippen LogP contribution in [0.15, 0.2) is 36.5 Å². The second-order valence-corrected chi connectivity index (χ2v) is 8.96. The lowest BCUT2D eigenvalue weighted by atomic mass is 9.97. The summed E-state index contributed by atoms with van der Waals surface area (Å²) in [6.07, 6.45) is -1.13. The number of fused-ring (bicyclic) bond motifs is 2. The van der Waals surface area contributed by atoms with Crippen molar-refractivity contribution in [2.24, 2.45) is 0 Å². The fourth-order valence-corrected chi connectivity index (χ4v) is 4.47. The third-order valence-corrected chi connectivity index (χ3v) is 6.15. The number of hydrogen-bond donors (Lipinski definition) is 1. The summed E-state index contributed by atoms with van der Waals surface area (Å²) < 4.78 is 62.3. The highest BCUT2D eigenvalue weighted by Gasteiger charge is 2.43. The first-order chi connectivity index (χ1) is 16.2. The second kappa shape index (κ2) is 8.54. The topological polar surface area (TPSA) is 50.3 Å². The van der Waals surface area contributed by atoms with Gasteiger partial charge in [-0.2, -0.15) is 8.78 Å². The molecule has 0 amide bonds. The van der Waals surface area contributed by atoms with Crippen molar-refractivity contribution in [3.63, 3.8) is 0 Å². The third-order valence-electron chi connectivity index (χ3n) is 6.15. The predicted octanol–water partition coefficient (Wildman–Crippen LogP) is 4.86. The molecule has 0 unspecified atom stereocenters. The van der Waals surface area contributed by atoms with Gasteiger partial charge in [0.05, 0.1) is 11.9 Å². The van der Waals surface area contributed by atoms with Crippen molar-refractivity contribution in [1.29, 1.82) is 0 Å². The summed E-state index contributed by atoms with van der Waals surface area (Å²) in [5.74, 6) is -1.90. The van der Waals surface area contributed by atoms with Crippen LogP contribution in [0.4, 0.5) is 23.2 Å². The average molecular weight is 472 g/mol. The maximum absolute atomic E-state index is 14.9. The summed E-state index contributed by atoms with van der Waals surface area (Å²) in [6, 6.07) is 8.24. The molecule has 0 spiro atoms. The van der Waals surface area contributed by atoms with Crippen LogP contribution in [0.1, 0.15) is 36.4 Å². The Morgan fingerprint density at radius 3 is 2.74 bits per heavy atom. The number of aromatic nitrogens is 2. The number of nitrogens with zero attached hydrogens (tertiary/aromatic N) is 3. The van der Waals surface area contributed by atoms with Crippen molar-refractivity contribution in [1.82, 2.24) is 15.3 Å². The first-order valence-electron chi connectivity index (χ1n) is 11.2. The van der Waals surface area contributed by atoms with Crippen molar-refractivity contribution >= 4 is 5.69 Å². The first kappa shape index (κ1) is 22.6. The molecule has 1 N–H and O–H groups in total. The van der Waals surface area contributed by atoms with E-state index in [0.717, 1.165) is 37.3 Å². The van der Waals surface area contributed by atoms with Crippen LogP contribution in [0.5, 0.6) is 5.75 Å². The Balaban J connectivity index is 1.51. The molecule has 2 aromatic carbocycles. The molecular weight excluding hydrogens is 448 g/mol. The lowest BCUT2D eigenvalue weighted by Crippen LogP contribution is -2.48. The van der Waals surface area contributed by atoms with Gasteiger partial charge in [-0.05, 0) is 55.6 Å². The Morgan fingerprint density at radius 2 is 1.94 bits per heavy atom. The largest absolute Gasteiger partial charge is 0.426 e. The Morgan fingerprint density at radius 1 is 1.12 bits per heavy atom. The van der Waals surface area contributed by atoms with Crippen LogP contribution >= 0.6 is 0 Å². The number of benzene rings is 2. The van der Waals surface area contributed by atoms with E-state index < -0.39 is 30.0 Å². The molecule has 0 saturated carbocycles. The highest BCUT2D eigenvalue weighted by Crippen LogP contribution is 2.43. The SMILES string of the molecule is CC(C)N1CC(F)(F)Oc2c(F)cc(-c3nc(Cc4ccc5c(c4)CNCC5)ncc3F)cc21. The van der Waals surface area contributed by atoms with Gasteiger partial charge in [0.25, 0.3) is 0 Å². The van der Waals surface area contributed by atoms with Crippen LogP contribution in [0.3, 0.4) is 0 Å². The monoisotopic (exact) mass is 472 g/mol. The number of alkyl halides is 2. The van der Waals surface area contributed by atoms with Gasteiger partial charge >= 0.3 is 6.11 Å². The lowest BCUT2D eigenvalue weighted by molar-refractivity contribution is -0.174. The number of ether oxygens (including phenoxy) is 1. The zero-order chi connectivity index (χ0) is 24.0. The summed E-state index contributed by atoms with van der Waals surface area (Å²) in [4.78, 5) is 9.82. The fourth-order valence-electron chi connectivity index (χ4n) is 4.47. The number of anilines is 1. The average Bonchev–Trinajstić information content (AvgIpc) is 2.80. The van der Waals surface area contributed by atoms with Crippen LogP contribution in [0.25, 0.3) is 11.3 Å². The second-order valence-electron chi connectivity index (χ2n) is 8.96. The number of hydrogen-bond acceptors (Lipinski definition) is 5. The van der Waals surface area contributed by atoms with Crippen LogP contribution in [-0.4, -0.2) is 35.2 Å². The Labute approximate surface area is 194 Å². The molecule has 1 aromatic heterocycles. The molecular formula is C25H24F4N4O. The summed E-state index contributed by atoms with van der Waals surface area (Å²) in [7, 11) is 0. The van der Waals surface area contributed by atoms with E-state index in [4.69, 9.17) is 0 Å². The third kappa shape index (κ3) is 4.32. The van der Waals surface area contributed by atoms with Crippen molar-refractivity contribution in [3.05, 3.63) is 70.7 Å². The van der Waals surface area contributed by atoms with Crippen molar-refractivity contribution < 1.29 is 22.3 Å². The fraction of sp³-hybridized carbons (Fsp3) is 0.360. The van der Waals surface area contributed by atoms with Gasteiger partial charge in [-0.1, -0.05) is 18.2 Å². The number of rotatable bonds is 4. The van der Waals surface area contributed by atoms with E-state index in [1.165, 1.54) is 22.1 Å².